The molecule has 1 aromatic carbocycles. The highest BCUT2D eigenvalue weighted by Crippen LogP contribution is 2.31. The van der Waals surface area contributed by atoms with E-state index in [0.29, 0.717) is 10.9 Å². The molecule has 0 spiro atoms. The van der Waals surface area contributed by atoms with Crippen molar-refractivity contribution in [1.82, 2.24) is 24.6 Å². The Kier molecular flexibility index (Phi) is 7.24. The Hall–Kier alpha value is -1.57. The molecule has 0 radical (unpaired) electrons. The molecule has 158 valence electrons. The van der Waals surface area contributed by atoms with Crippen LogP contribution in [0, 0.1) is 5.92 Å². The second-order valence-corrected chi connectivity index (χ2v) is 9.80. The van der Waals surface area contributed by atoms with Crippen LogP contribution in [-0.4, -0.2) is 62.9 Å². The zero-order chi connectivity index (χ0) is 21.1. The van der Waals surface area contributed by atoms with E-state index in [1.807, 2.05) is 54.8 Å². The number of carbonyl (C=O) groups is 1. The first-order valence-corrected chi connectivity index (χ1v) is 11.4. The third-order valence-electron chi connectivity index (χ3n) is 5.62. The SMILES string of the molecule is CC1CCN(C(=O)C(C)Sc2nnc(C(C)N(C)C)n2-c2ccc(Cl)cc2)CC1. The normalized spacial score (nSPS) is 17.6. The number of hydrogen-bond acceptors (Lipinski definition) is 5. The van der Waals surface area contributed by atoms with Crippen molar-refractivity contribution in [3.8, 4) is 5.69 Å². The van der Waals surface area contributed by atoms with Crippen LogP contribution in [0.15, 0.2) is 29.4 Å². The fourth-order valence-corrected chi connectivity index (χ4v) is 4.47. The predicted octanol–water partition coefficient (Wildman–Crippen LogP) is 4.28. The summed E-state index contributed by atoms with van der Waals surface area (Å²) in [4.78, 5) is 17.1. The van der Waals surface area contributed by atoms with Crippen LogP contribution in [0.25, 0.3) is 5.69 Å². The molecule has 0 aliphatic carbocycles. The van der Waals surface area contributed by atoms with Crippen LogP contribution >= 0.6 is 23.4 Å². The number of amides is 1. The van der Waals surface area contributed by atoms with E-state index >= 15 is 0 Å². The number of carbonyl (C=O) groups excluding carboxylic acids is 1. The van der Waals surface area contributed by atoms with Crippen molar-refractivity contribution in [1.29, 1.82) is 0 Å². The van der Waals surface area contributed by atoms with Gasteiger partial charge in [-0.05, 0) is 71.0 Å². The minimum atomic E-state index is -0.221. The summed E-state index contributed by atoms with van der Waals surface area (Å²) in [7, 11) is 4.03. The summed E-state index contributed by atoms with van der Waals surface area (Å²) in [6.45, 7) is 7.99. The van der Waals surface area contributed by atoms with Gasteiger partial charge in [-0.3, -0.25) is 14.3 Å². The molecule has 0 bridgehead atoms. The summed E-state index contributed by atoms with van der Waals surface area (Å²) in [5, 5.41) is 10.1. The van der Waals surface area contributed by atoms with Gasteiger partial charge in [0.25, 0.3) is 0 Å². The number of hydrogen-bond donors (Lipinski definition) is 0. The van der Waals surface area contributed by atoms with Crippen LogP contribution in [0.2, 0.25) is 5.02 Å². The molecule has 1 aromatic heterocycles. The lowest BCUT2D eigenvalue weighted by Crippen LogP contribution is -2.41. The molecule has 2 heterocycles. The summed E-state index contributed by atoms with van der Waals surface area (Å²) < 4.78 is 2.04. The van der Waals surface area contributed by atoms with Gasteiger partial charge in [0.1, 0.15) is 0 Å². The number of nitrogens with zero attached hydrogens (tertiary/aromatic N) is 5. The molecule has 1 amide bonds. The quantitative estimate of drug-likeness (QED) is 0.634. The molecule has 29 heavy (non-hydrogen) atoms. The molecule has 6 nitrogen and oxygen atoms in total. The van der Waals surface area contributed by atoms with Crippen LogP contribution in [0.1, 0.15) is 45.5 Å². The van der Waals surface area contributed by atoms with E-state index in [1.165, 1.54) is 11.8 Å². The average molecular weight is 436 g/mol. The Morgan fingerprint density at radius 2 is 1.79 bits per heavy atom. The molecule has 1 fully saturated rings. The van der Waals surface area contributed by atoms with E-state index in [2.05, 4.69) is 28.9 Å². The summed E-state index contributed by atoms with van der Waals surface area (Å²) in [6, 6.07) is 7.71. The van der Waals surface area contributed by atoms with Crippen molar-refractivity contribution in [3.05, 3.63) is 35.1 Å². The van der Waals surface area contributed by atoms with Crippen molar-refractivity contribution in [3.63, 3.8) is 0 Å². The summed E-state index contributed by atoms with van der Waals surface area (Å²) >= 11 is 7.55. The van der Waals surface area contributed by atoms with Crippen molar-refractivity contribution < 1.29 is 4.79 Å². The zero-order valence-electron chi connectivity index (χ0n) is 17.8. The number of rotatable bonds is 6. The van der Waals surface area contributed by atoms with Gasteiger partial charge in [-0.1, -0.05) is 30.3 Å². The third-order valence-corrected chi connectivity index (χ3v) is 6.90. The van der Waals surface area contributed by atoms with E-state index in [-0.39, 0.29) is 17.2 Å². The van der Waals surface area contributed by atoms with E-state index in [0.717, 1.165) is 42.6 Å². The number of piperidine rings is 1. The first-order valence-electron chi connectivity index (χ1n) is 10.1. The highest BCUT2D eigenvalue weighted by atomic mass is 35.5. The smallest absolute Gasteiger partial charge is 0.235 e. The molecule has 0 saturated carbocycles. The Balaban J connectivity index is 1.86. The fourth-order valence-electron chi connectivity index (χ4n) is 3.39. The first kappa shape index (κ1) is 22.1. The number of thioether (sulfide) groups is 1. The molecule has 3 rings (SSSR count). The van der Waals surface area contributed by atoms with Gasteiger partial charge in [0.15, 0.2) is 11.0 Å². The van der Waals surface area contributed by atoms with Crippen LogP contribution in [-0.2, 0) is 4.79 Å². The monoisotopic (exact) mass is 435 g/mol. The van der Waals surface area contributed by atoms with Gasteiger partial charge in [-0.25, -0.2) is 0 Å². The molecule has 0 N–H and O–H groups in total. The molecule has 1 saturated heterocycles. The average Bonchev–Trinajstić information content (AvgIpc) is 3.11. The van der Waals surface area contributed by atoms with E-state index < -0.39 is 0 Å². The summed E-state index contributed by atoms with van der Waals surface area (Å²) in [5.74, 6) is 1.71. The molecule has 2 atom stereocenters. The zero-order valence-corrected chi connectivity index (χ0v) is 19.4. The molecule has 8 heteroatoms. The van der Waals surface area contributed by atoms with Crippen molar-refractivity contribution >= 4 is 29.3 Å². The minimum Gasteiger partial charge on any atom is -0.342 e. The number of halogens is 1. The Labute approximate surface area is 182 Å². The van der Waals surface area contributed by atoms with E-state index in [4.69, 9.17) is 11.6 Å². The molecular weight excluding hydrogens is 406 g/mol. The molecule has 1 aliphatic rings. The third kappa shape index (κ3) is 5.13. The largest absolute Gasteiger partial charge is 0.342 e. The fraction of sp³-hybridized carbons (Fsp3) is 0.571. The molecule has 2 unspecified atom stereocenters. The van der Waals surface area contributed by atoms with Gasteiger partial charge in [0.05, 0.1) is 11.3 Å². The number of benzene rings is 1. The second-order valence-electron chi connectivity index (χ2n) is 8.06. The maximum atomic E-state index is 13.0. The van der Waals surface area contributed by atoms with Gasteiger partial charge in [0.2, 0.25) is 5.91 Å². The molecule has 2 aromatic rings. The van der Waals surface area contributed by atoms with Crippen LogP contribution in [0.4, 0.5) is 0 Å². The summed E-state index contributed by atoms with van der Waals surface area (Å²) in [6.07, 6.45) is 2.16. The van der Waals surface area contributed by atoms with Gasteiger partial charge >= 0.3 is 0 Å². The van der Waals surface area contributed by atoms with Crippen LogP contribution in [0.5, 0.6) is 0 Å². The van der Waals surface area contributed by atoms with Crippen molar-refractivity contribution in [2.45, 2.75) is 50.1 Å². The highest BCUT2D eigenvalue weighted by molar-refractivity contribution is 8.00. The van der Waals surface area contributed by atoms with Crippen LogP contribution < -0.4 is 0 Å². The van der Waals surface area contributed by atoms with Crippen LogP contribution in [0.3, 0.4) is 0 Å². The van der Waals surface area contributed by atoms with Gasteiger partial charge in [0, 0.05) is 23.8 Å². The lowest BCUT2D eigenvalue weighted by Gasteiger charge is -2.32. The Bertz CT molecular complexity index is 830. The van der Waals surface area contributed by atoms with Gasteiger partial charge in [-0.2, -0.15) is 0 Å². The minimum absolute atomic E-state index is 0.0714. The van der Waals surface area contributed by atoms with Crippen molar-refractivity contribution in [2.24, 2.45) is 5.92 Å². The highest BCUT2D eigenvalue weighted by Gasteiger charge is 2.28. The molecular formula is C21H30ClN5OS. The van der Waals surface area contributed by atoms with Gasteiger partial charge < -0.3 is 4.90 Å². The Morgan fingerprint density at radius 1 is 1.17 bits per heavy atom. The maximum absolute atomic E-state index is 13.0. The summed E-state index contributed by atoms with van der Waals surface area (Å²) in [5.41, 5.74) is 0.942. The Morgan fingerprint density at radius 3 is 2.38 bits per heavy atom. The standard InChI is InChI=1S/C21H30ClN5OS/c1-14-10-12-26(13-11-14)20(28)16(3)29-21-24-23-19(15(2)25(4)5)27(21)18-8-6-17(22)7-9-18/h6-9,14-16H,10-13H2,1-5H3. The topological polar surface area (TPSA) is 54.3 Å². The number of aromatic nitrogens is 3. The number of likely N-dealkylation sites (tertiary alicyclic amines) is 1. The van der Waals surface area contributed by atoms with Crippen molar-refractivity contribution in [2.75, 3.05) is 27.2 Å². The van der Waals surface area contributed by atoms with E-state index in [9.17, 15) is 4.79 Å². The lowest BCUT2D eigenvalue weighted by atomic mass is 9.99. The first-order chi connectivity index (χ1) is 13.8. The lowest BCUT2D eigenvalue weighted by molar-refractivity contribution is -0.131. The van der Waals surface area contributed by atoms with E-state index in [1.54, 1.807) is 0 Å². The predicted molar refractivity (Wildman–Crippen MR) is 119 cm³/mol. The van der Waals surface area contributed by atoms with Gasteiger partial charge in [-0.15, -0.1) is 10.2 Å². The molecule has 1 aliphatic heterocycles. The second kappa shape index (κ2) is 9.49. The maximum Gasteiger partial charge on any atom is 0.235 e.